The van der Waals surface area contributed by atoms with Gasteiger partial charge in [-0.25, -0.2) is 4.98 Å². The average molecular weight is 228 g/mol. The van der Waals surface area contributed by atoms with Crippen LogP contribution in [0, 0.1) is 0 Å². The van der Waals surface area contributed by atoms with Gasteiger partial charge in [0.1, 0.15) is 0 Å². The number of ether oxygens (including phenoxy) is 1. The van der Waals surface area contributed by atoms with Crippen molar-refractivity contribution in [3.8, 4) is 0 Å². The lowest BCUT2D eigenvalue weighted by molar-refractivity contribution is 0.118. The zero-order valence-electron chi connectivity index (χ0n) is 9.91. The average Bonchev–Trinajstić information content (AvgIpc) is 2.66. The largest absolute Gasteiger partial charge is 0.381 e. The zero-order chi connectivity index (χ0) is 11.5. The number of hydrogen-bond acceptors (Lipinski definition) is 4. The van der Waals surface area contributed by atoms with Gasteiger partial charge in [0.05, 0.1) is 22.3 Å². The summed E-state index contributed by atoms with van der Waals surface area (Å²) in [5, 5.41) is 3.16. The molecule has 1 rings (SSSR count). The number of nitrogens with two attached hydrogens (primary N) is 1. The Morgan fingerprint density at radius 3 is 2.87 bits per heavy atom. The molecule has 3 nitrogen and oxygen atoms in total. The highest BCUT2D eigenvalue weighted by atomic mass is 32.1. The molecule has 0 aliphatic rings. The van der Waals surface area contributed by atoms with Crippen LogP contribution >= 0.6 is 11.3 Å². The maximum absolute atomic E-state index is 6.13. The molecule has 2 unspecified atom stereocenters. The summed E-state index contributed by atoms with van der Waals surface area (Å²) in [6.45, 7) is 6.14. The minimum atomic E-state index is -0.301. The SMILES string of the molecule is CCC(C)(N)c1csc(CC(C)OC)n1. The van der Waals surface area contributed by atoms with Crippen LogP contribution in [0.25, 0.3) is 0 Å². The first-order valence-electron chi connectivity index (χ1n) is 5.26. The fourth-order valence-corrected chi connectivity index (χ4v) is 2.23. The van der Waals surface area contributed by atoms with Crippen LogP contribution in [0.2, 0.25) is 0 Å². The first-order valence-corrected chi connectivity index (χ1v) is 6.14. The van der Waals surface area contributed by atoms with Crippen molar-refractivity contribution in [2.45, 2.75) is 45.3 Å². The Balaban J connectivity index is 2.72. The Morgan fingerprint density at radius 1 is 1.67 bits per heavy atom. The molecule has 1 aromatic heterocycles. The second-order valence-electron chi connectivity index (χ2n) is 4.15. The van der Waals surface area contributed by atoms with Gasteiger partial charge >= 0.3 is 0 Å². The number of rotatable bonds is 5. The standard InChI is InChI=1S/C11H20N2OS/c1-5-11(3,12)9-7-15-10(13-9)6-8(2)14-4/h7-8H,5-6,12H2,1-4H3. The molecule has 1 aromatic rings. The molecule has 0 saturated heterocycles. The highest BCUT2D eigenvalue weighted by Crippen LogP contribution is 2.23. The van der Waals surface area contributed by atoms with E-state index in [0.29, 0.717) is 0 Å². The summed E-state index contributed by atoms with van der Waals surface area (Å²) < 4.78 is 5.21. The van der Waals surface area contributed by atoms with Gasteiger partial charge in [-0.05, 0) is 20.3 Å². The smallest absolute Gasteiger partial charge is 0.0954 e. The van der Waals surface area contributed by atoms with E-state index in [9.17, 15) is 0 Å². The number of methoxy groups -OCH3 is 1. The quantitative estimate of drug-likeness (QED) is 0.841. The van der Waals surface area contributed by atoms with Gasteiger partial charge in [0.25, 0.3) is 0 Å². The molecule has 2 N–H and O–H groups in total. The van der Waals surface area contributed by atoms with Crippen molar-refractivity contribution >= 4 is 11.3 Å². The van der Waals surface area contributed by atoms with Crippen LogP contribution in [0.15, 0.2) is 5.38 Å². The van der Waals surface area contributed by atoms with Gasteiger partial charge in [0.2, 0.25) is 0 Å². The fourth-order valence-electron chi connectivity index (χ4n) is 1.18. The molecule has 0 bridgehead atoms. The third-order valence-electron chi connectivity index (χ3n) is 2.74. The number of nitrogens with zero attached hydrogens (tertiary/aromatic N) is 1. The van der Waals surface area contributed by atoms with E-state index in [0.717, 1.165) is 23.5 Å². The van der Waals surface area contributed by atoms with Gasteiger partial charge in [-0.1, -0.05) is 6.92 Å². The Morgan fingerprint density at radius 2 is 2.33 bits per heavy atom. The minimum absolute atomic E-state index is 0.217. The fraction of sp³-hybridized carbons (Fsp3) is 0.727. The summed E-state index contributed by atoms with van der Waals surface area (Å²) in [7, 11) is 1.72. The summed E-state index contributed by atoms with van der Waals surface area (Å²) >= 11 is 1.66. The number of hydrogen-bond donors (Lipinski definition) is 1. The number of aromatic nitrogens is 1. The third kappa shape index (κ3) is 3.26. The molecule has 0 saturated carbocycles. The Labute approximate surface area is 95.7 Å². The minimum Gasteiger partial charge on any atom is -0.381 e. The molecule has 2 atom stereocenters. The Hall–Kier alpha value is -0.450. The van der Waals surface area contributed by atoms with Gasteiger partial charge in [0, 0.05) is 18.9 Å². The third-order valence-corrected chi connectivity index (χ3v) is 3.61. The van der Waals surface area contributed by atoms with E-state index in [-0.39, 0.29) is 11.6 Å². The van der Waals surface area contributed by atoms with Crippen molar-refractivity contribution in [3.63, 3.8) is 0 Å². The first kappa shape index (κ1) is 12.6. The lowest BCUT2D eigenvalue weighted by Gasteiger charge is -2.19. The van der Waals surface area contributed by atoms with Gasteiger partial charge < -0.3 is 10.5 Å². The molecule has 0 aliphatic carbocycles. The first-order chi connectivity index (χ1) is 6.99. The molecule has 0 aliphatic heterocycles. The van der Waals surface area contributed by atoms with E-state index in [4.69, 9.17) is 10.5 Å². The van der Waals surface area contributed by atoms with Crippen LogP contribution < -0.4 is 5.73 Å². The maximum Gasteiger partial charge on any atom is 0.0954 e. The second-order valence-corrected chi connectivity index (χ2v) is 5.09. The molecule has 86 valence electrons. The topological polar surface area (TPSA) is 48.1 Å². The van der Waals surface area contributed by atoms with Crippen LogP contribution in [0.4, 0.5) is 0 Å². The highest BCUT2D eigenvalue weighted by Gasteiger charge is 2.22. The zero-order valence-corrected chi connectivity index (χ0v) is 10.7. The summed E-state index contributed by atoms with van der Waals surface area (Å²) in [4.78, 5) is 4.55. The van der Waals surface area contributed by atoms with Gasteiger partial charge in [-0.15, -0.1) is 11.3 Å². The maximum atomic E-state index is 6.13. The van der Waals surface area contributed by atoms with E-state index in [1.165, 1.54) is 0 Å². The predicted molar refractivity (Wildman–Crippen MR) is 64.1 cm³/mol. The predicted octanol–water partition coefficient (Wildman–Crippen LogP) is 2.30. The molecule has 0 amide bonds. The van der Waals surface area contributed by atoms with E-state index < -0.39 is 0 Å². The van der Waals surface area contributed by atoms with E-state index >= 15 is 0 Å². The van der Waals surface area contributed by atoms with Crippen LogP contribution in [-0.2, 0) is 16.7 Å². The van der Waals surface area contributed by atoms with E-state index in [2.05, 4.69) is 17.3 Å². The lowest BCUT2D eigenvalue weighted by Crippen LogP contribution is -2.32. The number of thiazole rings is 1. The molecule has 0 aromatic carbocycles. The Bertz CT molecular complexity index is 309. The summed E-state index contributed by atoms with van der Waals surface area (Å²) in [6.07, 6.45) is 1.98. The Kier molecular flexibility index (Phi) is 4.25. The van der Waals surface area contributed by atoms with Crippen molar-refractivity contribution < 1.29 is 4.74 Å². The van der Waals surface area contributed by atoms with Crippen molar-refractivity contribution in [1.82, 2.24) is 4.98 Å². The normalized spacial score (nSPS) is 17.4. The van der Waals surface area contributed by atoms with Gasteiger partial charge in [-0.2, -0.15) is 0 Å². The van der Waals surface area contributed by atoms with E-state index in [1.807, 2.05) is 13.8 Å². The molecular formula is C11H20N2OS. The van der Waals surface area contributed by atoms with Crippen LogP contribution in [-0.4, -0.2) is 18.2 Å². The monoisotopic (exact) mass is 228 g/mol. The molecule has 0 fully saturated rings. The van der Waals surface area contributed by atoms with Gasteiger partial charge in [-0.3, -0.25) is 0 Å². The van der Waals surface area contributed by atoms with Crippen molar-refractivity contribution in [2.24, 2.45) is 5.73 Å². The molecule has 1 heterocycles. The van der Waals surface area contributed by atoms with Crippen LogP contribution in [0.3, 0.4) is 0 Å². The van der Waals surface area contributed by atoms with Crippen molar-refractivity contribution in [2.75, 3.05) is 7.11 Å². The second kappa shape index (κ2) is 5.05. The van der Waals surface area contributed by atoms with E-state index in [1.54, 1.807) is 18.4 Å². The summed E-state index contributed by atoms with van der Waals surface area (Å²) in [6, 6.07) is 0. The molecular weight excluding hydrogens is 208 g/mol. The summed E-state index contributed by atoms with van der Waals surface area (Å²) in [5.41, 5.74) is 6.82. The molecule has 15 heavy (non-hydrogen) atoms. The summed E-state index contributed by atoms with van der Waals surface area (Å²) in [5.74, 6) is 0. The highest BCUT2D eigenvalue weighted by molar-refractivity contribution is 7.09. The van der Waals surface area contributed by atoms with Crippen molar-refractivity contribution in [3.05, 3.63) is 16.1 Å². The molecule has 0 radical (unpaired) electrons. The lowest BCUT2D eigenvalue weighted by atomic mass is 9.97. The van der Waals surface area contributed by atoms with Crippen molar-refractivity contribution in [1.29, 1.82) is 0 Å². The van der Waals surface area contributed by atoms with Gasteiger partial charge in [0.15, 0.2) is 0 Å². The van der Waals surface area contributed by atoms with Crippen LogP contribution in [0.1, 0.15) is 37.9 Å². The molecule has 0 spiro atoms. The molecule has 4 heteroatoms. The van der Waals surface area contributed by atoms with Crippen LogP contribution in [0.5, 0.6) is 0 Å².